The van der Waals surface area contributed by atoms with E-state index in [1.165, 1.54) is 0 Å². The van der Waals surface area contributed by atoms with E-state index in [0.29, 0.717) is 38.6 Å². The van der Waals surface area contributed by atoms with Gasteiger partial charge in [0.25, 0.3) is 5.56 Å². The third kappa shape index (κ3) is 3.62. The van der Waals surface area contributed by atoms with E-state index in [2.05, 4.69) is 11.2 Å². The molecule has 2 aliphatic heterocycles. The van der Waals surface area contributed by atoms with Gasteiger partial charge in [0, 0.05) is 56.0 Å². The number of fused-ring (bicyclic) bond motifs is 4. The highest BCUT2D eigenvalue weighted by atomic mass is 16.5. The number of hydrogen-bond acceptors (Lipinski definition) is 6. The number of carbonyl (C=O) groups is 1. The van der Waals surface area contributed by atoms with Crippen molar-refractivity contribution in [3.63, 3.8) is 0 Å². The molecule has 1 amide bonds. The number of aromatic nitrogens is 2. The lowest BCUT2D eigenvalue weighted by atomic mass is 9.82. The Morgan fingerprint density at radius 2 is 2.14 bits per heavy atom. The highest BCUT2D eigenvalue weighted by molar-refractivity contribution is 5.81. The first-order valence-electron chi connectivity index (χ1n) is 9.77. The predicted octanol–water partition coefficient (Wildman–Crippen LogP) is 0.761. The first-order chi connectivity index (χ1) is 13.4. The van der Waals surface area contributed by atoms with Gasteiger partial charge in [-0.25, -0.2) is 0 Å². The van der Waals surface area contributed by atoms with Gasteiger partial charge in [0.15, 0.2) is 0 Å². The van der Waals surface area contributed by atoms with Gasteiger partial charge in [-0.15, -0.1) is 0 Å². The summed E-state index contributed by atoms with van der Waals surface area (Å²) in [5.74, 6) is 0.496. The van der Waals surface area contributed by atoms with Crippen molar-refractivity contribution in [1.29, 1.82) is 0 Å². The Kier molecular flexibility index (Phi) is 5.07. The molecule has 2 aromatic heterocycles. The largest absolute Gasteiger partial charge is 0.364 e. The Labute approximate surface area is 163 Å². The number of hydrogen-bond donors (Lipinski definition) is 1. The normalized spacial score (nSPS) is 22.2. The Hall–Kier alpha value is -2.45. The lowest BCUT2D eigenvalue weighted by Gasteiger charge is -2.43. The van der Waals surface area contributed by atoms with Gasteiger partial charge in [-0.1, -0.05) is 11.2 Å². The number of amides is 1. The SMILES string of the molecule is C[C@H](N)C(=O)N1C[C@@H]2C[C@H](C1)c1ccc(CN(C)Cc3ccon3)c(=O)n1C2. The zero-order valence-corrected chi connectivity index (χ0v) is 16.4. The van der Waals surface area contributed by atoms with E-state index >= 15 is 0 Å². The molecular formula is C20H27N5O3. The molecule has 0 radical (unpaired) electrons. The highest BCUT2D eigenvalue weighted by Crippen LogP contribution is 2.35. The number of likely N-dealkylation sites (tertiary alicyclic amines) is 1. The van der Waals surface area contributed by atoms with Crippen molar-refractivity contribution < 1.29 is 9.32 Å². The summed E-state index contributed by atoms with van der Waals surface area (Å²) < 4.78 is 6.79. The molecule has 0 unspecified atom stereocenters. The van der Waals surface area contributed by atoms with E-state index < -0.39 is 6.04 Å². The van der Waals surface area contributed by atoms with Crippen LogP contribution >= 0.6 is 0 Å². The lowest BCUT2D eigenvalue weighted by molar-refractivity contribution is -0.134. The molecule has 0 aliphatic carbocycles. The molecule has 8 heteroatoms. The van der Waals surface area contributed by atoms with Crippen LogP contribution in [0.15, 0.2) is 33.8 Å². The van der Waals surface area contributed by atoms with Gasteiger partial charge in [-0.2, -0.15) is 0 Å². The second-order valence-electron chi connectivity index (χ2n) is 8.19. The van der Waals surface area contributed by atoms with E-state index in [1.54, 1.807) is 13.2 Å². The third-order valence-electron chi connectivity index (χ3n) is 5.75. The van der Waals surface area contributed by atoms with Crippen LogP contribution in [0.4, 0.5) is 0 Å². The molecule has 0 aromatic carbocycles. The molecule has 2 bridgehead atoms. The average molecular weight is 385 g/mol. The van der Waals surface area contributed by atoms with Crippen LogP contribution in [0.25, 0.3) is 0 Å². The zero-order chi connectivity index (χ0) is 19.8. The summed E-state index contributed by atoms with van der Waals surface area (Å²) in [4.78, 5) is 29.4. The summed E-state index contributed by atoms with van der Waals surface area (Å²) in [6.07, 6.45) is 2.57. The number of nitrogens with two attached hydrogens (primary N) is 1. The summed E-state index contributed by atoms with van der Waals surface area (Å²) in [5.41, 5.74) is 8.52. The fourth-order valence-electron chi connectivity index (χ4n) is 4.52. The van der Waals surface area contributed by atoms with Gasteiger partial charge >= 0.3 is 0 Å². The van der Waals surface area contributed by atoms with E-state index in [9.17, 15) is 9.59 Å². The standard InChI is InChI=1S/C20H27N5O3/c1-13(21)19(26)24-8-14-7-16(11-24)18-4-3-15(20(27)25(18)9-14)10-23(2)12-17-5-6-28-22-17/h3-6,13-14,16H,7-12,21H2,1-2H3/t13-,14-,16+/m0/s1. The fraction of sp³-hybridized carbons (Fsp3) is 0.550. The molecule has 28 heavy (non-hydrogen) atoms. The van der Waals surface area contributed by atoms with Crippen molar-refractivity contribution >= 4 is 5.91 Å². The number of piperidine rings is 1. The molecule has 1 fully saturated rings. The van der Waals surface area contributed by atoms with Crippen LogP contribution in [0, 0.1) is 5.92 Å². The summed E-state index contributed by atoms with van der Waals surface area (Å²) in [7, 11) is 1.96. The van der Waals surface area contributed by atoms with E-state index in [-0.39, 0.29) is 17.4 Å². The average Bonchev–Trinajstić information content (AvgIpc) is 3.16. The van der Waals surface area contributed by atoms with Crippen molar-refractivity contribution in [3.8, 4) is 0 Å². The van der Waals surface area contributed by atoms with Crippen LogP contribution in [0.3, 0.4) is 0 Å². The van der Waals surface area contributed by atoms with Gasteiger partial charge in [-0.3, -0.25) is 14.5 Å². The van der Waals surface area contributed by atoms with Gasteiger partial charge < -0.3 is 19.7 Å². The predicted molar refractivity (Wildman–Crippen MR) is 103 cm³/mol. The van der Waals surface area contributed by atoms with Crippen molar-refractivity contribution in [3.05, 3.63) is 51.8 Å². The highest BCUT2D eigenvalue weighted by Gasteiger charge is 2.37. The Bertz CT molecular complexity index is 905. The summed E-state index contributed by atoms with van der Waals surface area (Å²) in [6.45, 7) is 4.88. The lowest BCUT2D eigenvalue weighted by Crippen LogP contribution is -2.52. The molecule has 0 spiro atoms. The van der Waals surface area contributed by atoms with Crippen LogP contribution in [0.5, 0.6) is 0 Å². The number of pyridine rings is 1. The van der Waals surface area contributed by atoms with Crippen LogP contribution in [0.1, 0.15) is 36.2 Å². The molecule has 150 valence electrons. The second kappa shape index (κ2) is 7.52. The Balaban J connectivity index is 1.53. The topological polar surface area (TPSA) is 97.6 Å². The maximum atomic E-state index is 13.1. The Morgan fingerprint density at radius 3 is 2.86 bits per heavy atom. The van der Waals surface area contributed by atoms with Gasteiger partial charge in [0.1, 0.15) is 6.26 Å². The molecule has 1 saturated heterocycles. The smallest absolute Gasteiger partial charge is 0.255 e. The van der Waals surface area contributed by atoms with Gasteiger partial charge in [0.05, 0.1) is 11.7 Å². The van der Waals surface area contributed by atoms with E-state index in [0.717, 1.165) is 23.4 Å². The molecule has 2 aromatic rings. The summed E-state index contributed by atoms with van der Waals surface area (Å²) in [6, 6.07) is 5.33. The maximum absolute atomic E-state index is 13.1. The minimum absolute atomic E-state index is 0.00315. The molecule has 2 N–H and O–H groups in total. The summed E-state index contributed by atoms with van der Waals surface area (Å²) in [5, 5.41) is 3.92. The molecule has 4 rings (SSSR count). The molecule has 8 nitrogen and oxygen atoms in total. The molecule has 0 saturated carbocycles. The first kappa shape index (κ1) is 18.9. The first-order valence-corrected chi connectivity index (χ1v) is 9.77. The number of nitrogens with zero attached hydrogens (tertiary/aromatic N) is 4. The molecular weight excluding hydrogens is 358 g/mol. The van der Waals surface area contributed by atoms with E-state index in [4.69, 9.17) is 10.3 Å². The molecule has 2 aliphatic rings. The van der Waals surface area contributed by atoms with Crippen LogP contribution in [-0.2, 0) is 24.4 Å². The number of carbonyl (C=O) groups excluding carboxylic acids is 1. The second-order valence-corrected chi connectivity index (χ2v) is 8.19. The minimum Gasteiger partial charge on any atom is -0.364 e. The minimum atomic E-state index is -0.483. The monoisotopic (exact) mass is 385 g/mol. The van der Waals surface area contributed by atoms with Gasteiger partial charge in [0.2, 0.25) is 5.91 Å². The van der Waals surface area contributed by atoms with Crippen LogP contribution < -0.4 is 11.3 Å². The Morgan fingerprint density at radius 1 is 1.32 bits per heavy atom. The van der Waals surface area contributed by atoms with Crippen LogP contribution in [0.2, 0.25) is 0 Å². The van der Waals surface area contributed by atoms with E-state index in [1.807, 2.05) is 33.5 Å². The molecule has 4 heterocycles. The third-order valence-corrected chi connectivity index (χ3v) is 5.75. The fourth-order valence-corrected chi connectivity index (χ4v) is 4.52. The van der Waals surface area contributed by atoms with Crippen molar-refractivity contribution in [2.45, 2.75) is 44.9 Å². The van der Waals surface area contributed by atoms with Crippen molar-refractivity contribution in [1.82, 2.24) is 19.5 Å². The number of rotatable bonds is 5. The van der Waals surface area contributed by atoms with Crippen LogP contribution in [-0.4, -0.2) is 51.6 Å². The quantitative estimate of drug-likeness (QED) is 0.816. The maximum Gasteiger partial charge on any atom is 0.255 e. The van der Waals surface area contributed by atoms with Crippen molar-refractivity contribution in [2.75, 3.05) is 20.1 Å². The molecule has 3 atom stereocenters. The van der Waals surface area contributed by atoms with Crippen molar-refractivity contribution in [2.24, 2.45) is 11.7 Å². The zero-order valence-electron chi connectivity index (χ0n) is 16.4. The van der Waals surface area contributed by atoms with Gasteiger partial charge in [-0.05, 0) is 32.4 Å². The summed E-state index contributed by atoms with van der Waals surface area (Å²) >= 11 is 0.